The van der Waals surface area contributed by atoms with Gasteiger partial charge in [0.25, 0.3) is 5.56 Å². The van der Waals surface area contributed by atoms with Gasteiger partial charge in [-0.2, -0.15) is 0 Å². The van der Waals surface area contributed by atoms with E-state index in [1.807, 2.05) is 24.4 Å². The summed E-state index contributed by atoms with van der Waals surface area (Å²) in [5.41, 5.74) is 1.89. The lowest BCUT2D eigenvalue weighted by Crippen LogP contribution is -2.39. The first-order valence-corrected chi connectivity index (χ1v) is 10.3. The van der Waals surface area contributed by atoms with Crippen LogP contribution in [0, 0.1) is 0 Å². The third-order valence-corrected chi connectivity index (χ3v) is 5.78. The Morgan fingerprint density at radius 3 is 2.87 bits per heavy atom. The highest BCUT2D eigenvalue weighted by molar-refractivity contribution is 5.74. The largest absolute Gasteiger partial charge is 0.383 e. The second-order valence-electron chi connectivity index (χ2n) is 7.83. The van der Waals surface area contributed by atoms with Crippen LogP contribution in [0.4, 0.5) is 0 Å². The molecule has 0 spiro atoms. The van der Waals surface area contributed by atoms with E-state index in [1.165, 1.54) is 12.6 Å². The van der Waals surface area contributed by atoms with E-state index in [0.29, 0.717) is 24.2 Å². The fraction of sp³-hybridized carbons (Fsp3) is 0.455. The SMILES string of the molecule is COCCn1c(=O)n(C)c(=O)c2ccc(C3CCCN(Cc4cccnc4)C3)nc21. The summed E-state index contributed by atoms with van der Waals surface area (Å²) < 4.78 is 7.83. The van der Waals surface area contributed by atoms with E-state index in [1.54, 1.807) is 17.9 Å². The van der Waals surface area contributed by atoms with Crippen molar-refractivity contribution in [1.29, 1.82) is 0 Å². The summed E-state index contributed by atoms with van der Waals surface area (Å²) >= 11 is 0. The highest BCUT2D eigenvalue weighted by atomic mass is 16.5. The lowest BCUT2D eigenvalue weighted by Gasteiger charge is -2.32. The Bertz CT molecular complexity index is 1140. The first-order chi connectivity index (χ1) is 14.6. The number of nitrogens with zero attached hydrogens (tertiary/aromatic N) is 5. The molecule has 1 saturated heterocycles. The molecule has 1 unspecified atom stereocenters. The average molecular weight is 409 g/mol. The van der Waals surface area contributed by atoms with Crippen LogP contribution in [0.3, 0.4) is 0 Å². The van der Waals surface area contributed by atoms with E-state index in [-0.39, 0.29) is 17.2 Å². The Morgan fingerprint density at radius 1 is 1.23 bits per heavy atom. The van der Waals surface area contributed by atoms with Crippen molar-refractivity contribution in [1.82, 2.24) is 24.0 Å². The molecule has 1 aliphatic rings. The molecule has 8 nitrogen and oxygen atoms in total. The quantitative estimate of drug-likeness (QED) is 0.614. The van der Waals surface area contributed by atoms with Crippen molar-refractivity contribution in [3.05, 3.63) is 68.8 Å². The summed E-state index contributed by atoms with van der Waals surface area (Å²) in [7, 11) is 3.09. The molecule has 0 radical (unpaired) electrons. The van der Waals surface area contributed by atoms with Crippen LogP contribution in [-0.2, 0) is 24.9 Å². The van der Waals surface area contributed by atoms with E-state index in [4.69, 9.17) is 9.72 Å². The van der Waals surface area contributed by atoms with Gasteiger partial charge in [-0.25, -0.2) is 9.78 Å². The summed E-state index contributed by atoms with van der Waals surface area (Å²) in [6.07, 6.45) is 5.81. The Morgan fingerprint density at radius 2 is 2.10 bits per heavy atom. The molecule has 4 rings (SSSR count). The van der Waals surface area contributed by atoms with Crippen molar-refractivity contribution in [2.75, 3.05) is 26.8 Å². The molecule has 0 amide bonds. The molecule has 8 heteroatoms. The summed E-state index contributed by atoms with van der Waals surface area (Å²) in [5.74, 6) is 0.259. The van der Waals surface area contributed by atoms with Crippen molar-refractivity contribution in [2.45, 2.75) is 31.8 Å². The standard InChI is InChI=1S/C22H27N5O3/c1-25-21(28)18-7-8-19(24-20(18)27(22(25)29)11-12-30-2)17-6-4-10-26(15-17)14-16-5-3-9-23-13-16/h3,5,7-9,13,17H,4,6,10-12,14-15H2,1-2H3. The highest BCUT2D eigenvalue weighted by Gasteiger charge is 2.23. The van der Waals surface area contributed by atoms with Gasteiger partial charge in [-0.3, -0.25) is 23.8 Å². The van der Waals surface area contributed by atoms with Crippen LogP contribution in [0.5, 0.6) is 0 Å². The van der Waals surface area contributed by atoms with Crippen molar-refractivity contribution < 1.29 is 4.74 Å². The molecular weight excluding hydrogens is 382 g/mol. The first-order valence-electron chi connectivity index (χ1n) is 10.3. The minimum Gasteiger partial charge on any atom is -0.383 e. The summed E-state index contributed by atoms with van der Waals surface area (Å²) in [5, 5.41) is 0.458. The number of ether oxygens (including phenoxy) is 1. The molecule has 0 N–H and O–H groups in total. The lowest BCUT2D eigenvalue weighted by molar-refractivity contribution is 0.186. The predicted octanol–water partition coefficient (Wildman–Crippen LogP) is 1.52. The second-order valence-corrected chi connectivity index (χ2v) is 7.83. The number of aromatic nitrogens is 4. The van der Waals surface area contributed by atoms with Gasteiger partial charge in [0.05, 0.1) is 18.5 Å². The van der Waals surface area contributed by atoms with E-state index < -0.39 is 0 Å². The third kappa shape index (κ3) is 4.06. The van der Waals surface area contributed by atoms with Crippen LogP contribution in [0.2, 0.25) is 0 Å². The minimum absolute atomic E-state index is 0.259. The molecule has 158 valence electrons. The minimum atomic E-state index is -0.365. The summed E-state index contributed by atoms with van der Waals surface area (Å²) in [6.45, 7) is 3.52. The number of methoxy groups -OCH3 is 1. The smallest absolute Gasteiger partial charge is 0.332 e. The molecule has 30 heavy (non-hydrogen) atoms. The molecule has 1 aliphatic heterocycles. The zero-order valence-electron chi connectivity index (χ0n) is 17.5. The summed E-state index contributed by atoms with van der Waals surface area (Å²) in [6, 6.07) is 7.80. The molecule has 0 aliphatic carbocycles. The maximum absolute atomic E-state index is 12.7. The fourth-order valence-electron chi connectivity index (χ4n) is 4.18. The molecule has 0 bridgehead atoms. The number of hydrogen-bond acceptors (Lipinski definition) is 6. The number of piperidine rings is 1. The van der Waals surface area contributed by atoms with E-state index >= 15 is 0 Å². The predicted molar refractivity (Wildman–Crippen MR) is 115 cm³/mol. The van der Waals surface area contributed by atoms with Gasteiger partial charge in [-0.1, -0.05) is 6.07 Å². The van der Waals surface area contributed by atoms with Gasteiger partial charge in [0.1, 0.15) is 5.65 Å². The van der Waals surface area contributed by atoms with Gasteiger partial charge in [0.2, 0.25) is 0 Å². The van der Waals surface area contributed by atoms with Gasteiger partial charge in [-0.15, -0.1) is 0 Å². The van der Waals surface area contributed by atoms with Gasteiger partial charge < -0.3 is 4.74 Å². The van der Waals surface area contributed by atoms with Crippen LogP contribution in [0.1, 0.15) is 30.0 Å². The molecule has 4 heterocycles. The Kier molecular flexibility index (Phi) is 6.06. The monoisotopic (exact) mass is 409 g/mol. The van der Waals surface area contributed by atoms with Gasteiger partial charge in [0, 0.05) is 51.3 Å². The van der Waals surface area contributed by atoms with Crippen molar-refractivity contribution >= 4 is 11.0 Å². The molecule has 3 aromatic heterocycles. The van der Waals surface area contributed by atoms with Crippen LogP contribution in [0.15, 0.2) is 46.2 Å². The number of fused-ring (bicyclic) bond motifs is 1. The maximum atomic E-state index is 12.7. The molecule has 0 saturated carbocycles. The van der Waals surface area contributed by atoms with Gasteiger partial charge in [-0.05, 0) is 43.1 Å². The third-order valence-electron chi connectivity index (χ3n) is 5.78. The van der Waals surface area contributed by atoms with E-state index in [0.717, 1.165) is 42.7 Å². The van der Waals surface area contributed by atoms with Crippen LogP contribution < -0.4 is 11.2 Å². The Hall–Kier alpha value is -2.84. The average Bonchev–Trinajstić information content (AvgIpc) is 2.78. The Balaban J connectivity index is 1.66. The topological polar surface area (TPSA) is 82.2 Å². The highest BCUT2D eigenvalue weighted by Crippen LogP contribution is 2.27. The second kappa shape index (κ2) is 8.89. The van der Waals surface area contributed by atoms with Crippen LogP contribution in [0.25, 0.3) is 11.0 Å². The number of hydrogen-bond donors (Lipinski definition) is 0. The Labute approximate surface area is 174 Å². The number of likely N-dealkylation sites (tertiary alicyclic amines) is 1. The molecule has 1 atom stereocenters. The van der Waals surface area contributed by atoms with Crippen molar-refractivity contribution in [3.63, 3.8) is 0 Å². The van der Waals surface area contributed by atoms with Crippen molar-refractivity contribution in [2.24, 2.45) is 7.05 Å². The molecule has 3 aromatic rings. The summed E-state index contributed by atoms with van der Waals surface area (Å²) in [4.78, 5) is 36.7. The molecular formula is C22H27N5O3. The van der Waals surface area contributed by atoms with Gasteiger partial charge >= 0.3 is 5.69 Å². The first kappa shape index (κ1) is 20.4. The fourth-order valence-corrected chi connectivity index (χ4v) is 4.18. The normalized spacial score (nSPS) is 17.5. The van der Waals surface area contributed by atoms with Crippen LogP contribution in [-0.4, -0.2) is 50.8 Å². The zero-order valence-corrected chi connectivity index (χ0v) is 17.5. The maximum Gasteiger partial charge on any atom is 0.332 e. The van der Waals surface area contributed by atoms with Crippen LogP contribution >= 0.6 is 0 Å². The number of pyridine rings is 2. The van der Waals surface area contributed by atoms with E-state index in [9.17, 15) is 9.59 Å². The van der Waals surface area contributed by atoms with E-state index in [2.05, 4.69) is 16.0 Å². The lowest BCUT2D eigenvalue weighted by atomic mass is 9.94. The number of rotatable bonds is 6. The zero-order chi connectivity index (χ0) is 21.1. The molecule has 0 aromatic carbocycles. The van der Waals surface area contributed by atoms with Crippen molar-refractivity contribution in [3.8, 4) is 0 Å². The van der Waals surface area contributed by atoms with Gasteiger partial charge in [0.15, 0.2) is 0 Å². The molecule has 1 fully saturated rings.